The topological polar surface area (TPSA) is 44.5 Å². The Morgan fingerprint density at radius 1 is 1.14 bits per heavy atom. The van der Waals surface area contributed by atoms with Crippen LogP contribution in [0.2, 0.25) is 19.6 Å². The summed E-state index contributed by atoms with van der Waals surface area (Å²) in [6, 6.07) is 1.83. The second kappa shape index (κ2) is 5.32. The van der Waals surface area contributed by atoms with Crippen LogP contribution in [0.25, 0.3) is 5.57 Å². The standard InChI is InChI=1S/C15H25BFNO3Si/c1-10(11-9-12(19-18-11)22(6,7)8)13(17)16-20-14(2,3)15(4,5)21-16/h9H,1-8H3. The van der Waals surface area contributed by atoms with E-state index in [4.69, 9.17) is 13.8 Å². The summed E-state index contributed by atoms with van der Waals surface area (Å²) in [7, 11) is -2.61. The summed E-state index contributed by atoms with van der Waals surface area (Å²) in [5.74, 6) is 0. The summed E-state index contributed by atoms with van der Waals surface area (Å²) < 4.78 is 31.6. The average Bonchev–Trinajstić information content (AvgIpc) is 2.91. The summed E-state index contributed by atoms with van der Waals surface area (Å²) in [6.07, 6.45) is 0. The first kappa shape index (κ1) is 17.4. The third-order valence-electron chi connectivity index (χ3n) is 4.45. The zero-order valence-corrected chi connectivity index (χ0v) is 15.7. The number of hydrogen-bond acceptors (Lipinski definition) is 4. The maximum atomic E-state index is 14.7. The molecule has 0 radical (unpaired) electrons. The van der Waals surface area contributed by atoms with Crippen molar-refractivity contribution < 1.29 is 18.2 Å². The molecule has 1 aromatic heterocycles. The summed E-state index contributed by atoms with van der Waals surface area (Å²) in [6.45, 7) is 15.7. The van der Waals surface area contributed by atoms with E-state index in [1.165, 1.54) is 0 Å². The van der Waals surface area contributed by atoms with Gasteiger partial charge in [-0.3, -0.25) is 0 Å². The Morgan fingerprint density at radius 2 is 1.64 bits per heavy atom. The van der Waals surface area contributed by atoms with Crippen LogP contribution in [0.5, 0.6) is 0 Å². The van der Waals surface area contributed by atoms with Crippen molar-refractivity contribution in [3.63, 3.8) is 0 Å². The van der Waals surface area contributed by atoms with Crippen LogP contribution in [0.15, 0.2) is 16.3 Å². The number of aromatic nitrogens is 1. The Balaban J connectivity index is 2.29. The molecule has 4 nitrogen and oxygen atoms in total. The van der Waals surface area contributed by atoms with Gasteiger partial charge in [-0.05, 0) is 34.6 Å². The SMILES string of the molecule is CC(=C(F)B1OC(C)(C)C(C)(C)O1)c1cc([Si](C)(C)C)on1. The second-order valence-corrected chi connectivity index (χ2v) is 12.9. The molecular weight excluding hydrogens is 300 g/mol. The molecule has 0 unspecified atom stereocenters. The minimum atomic E-state index is -1.61. The molecule has 1 aliphatic rings. The first-order valence-corrected chi connectivity index (χ1v) is 11.0. The molecule has 0 aliphatic carbocycles. The molecule has 7 heteroatoms. The van der Waals surface area contributed by atoms with Crippen LogP contribution in [0.4, 0.5) is 4.39 Å². The van der Waals surface area contributed by atoms with E-state index in [9.17, 15) is 4.39 Å². The minimum absolute atomic E-state index is 0.395. The molecule has 0 amide bonds. The highest BCUT2D eigenvalue weighted by Crippen LogP contribution is 2.39. The fourth-order valence-electron chi connectivity index (χ4n) is 2.05. The van der Waals surface area contributed by atoms with Crippen molar-refractivity contribution in [2.24, 2.45) is 0 Å². The predicted molar refractivity (Wildman–Crippen MR) is 89.3 cm³/mol. The number of hydrogen-bond donors (Lipinski definition) is 0. The van der Waals surface area contributed by atoms with Gasteiger partial charge in [0.1, 0.15) is 24.9 Å². The summed E-state index contributed by atoms with van der Waals surface area (Å²) >= 11 is 0. The van der Waals surface area contributed by atoms with E-state index < -0.39 is 32.1 Å². The Labute approximate surface area is 133 Å². The minimum Gasteiger partial charge on any atom is -0.398 e. The van der Waals surface area contributed by atoms with E-state index >= 15 is 0 Å². The van der Waals surface area contributed by atoms with Gasteiger partial charge in [0.05, 0.1) is 11.2 Å². The van der Waals surface area contributed by atoms with Crippen LogP contribution < -0.4 is 5.38 Å². The van der Waals surface area contributed by atoms with Crippen molar-refractivity contribution in [1.29, 1.82) is 0 Å². The highest BCUT2D eigenvalue weighted by Gasteiger charge is 2.53. The molecule has 1 aliphatic heterocycles. The second-order valence-electron chi connectivity index (χ2n) is 7.89. The fourth-order valence-corrected chi connectivity index (χ4v) is 2.94. The quantitative estimate of drug-likeness (QED) is 0.797. The lowest BCUT2D eigenvalue weighted by molar-refractivity contribution is 0.00578. The molecule has 1 aromatic rings. The molecule has 2 heterocycles. The summed E-state index contributed by atoms with van der Waals surface area (Å²) in [5.41, 5.74) is -0.684. The molecule has 0 N–H and O–H groups in total. The first-order valence-electron chi connectivity index (χ1n) is 7.54. The van der Waals surface area contributed by atoms with Gasteiger partial charge in [-0.2, -0.15) is 0 Å². The third kappa shape index (κ3) is 3.07. The molecule has 122 valence electrons. The van der Waals surface area contributed by atoms with E-state index in [1.807, 2.05) is 33.8 Å². The monoisotopic (exact) mass is 325 g/mol. The molecular formula is C15H25BFNO3Si. The van der Waals surface area contributed by atoms with Gasteiger partial charge in [0.15, 0.2) is 0 Å². The summed E-state index contributed by atoms with van der Waals surface area (Å²) in [5, 5.41) is 4.85. The summed E-state index contributed by atoms with van der Waals surface area (Å²) in [4.78, 5) is 0. The van der Waals surface area contributed by atoms with Gasteiger partial charge in [0, 0.05) is 11.6 Å². The van der Waals surface area contributed by atoms with Gasteiger partial charge in [-0.25, -0.2) is 4.39 Å². The first-order chi connectivity index (χ1) is 9.85. The average molecular weight is 325 g/mol. The number of allylic oxidation sites excluding steroid dienone is 1. The maximum absolute atomic E-state index is 14.7. The van der Waals surface area contributed by atoms with Crippen LogP contribution in [0, 0.1) is 0 Å². The van der Waals surface area contributed by atoms with Crippen LogP contribution in [-0.4, -0.2) is 31.6 Å². The molecule has 0 spiro atoms. The lowest BCUT2D eigenvalue weighted by atomic mass is 9.84. The lowest BCUT2D eigenvalue weighted by Gasteiger charge is -2.32. The van der Waals surface area contributed by atoms with Crippen molar-refractivity contribution in [3.05, 3.63) is 17.5 Å². The van der Waals surface area contributed by atoms with E-state index in [1.54, 1.807) is 6.92 Å². The molecule has 1 fully saturated rings. The molecule has 2 rings (SSSR count). The third-order valence-corrected chi connectivity index (χ3v) is 6.17. The molecule has 1 saturated heterocycles. The maximum Gasteiger partial charge on any atom is 0.525 e. The number of nitrogens with zero attached hydrogens (tertiary/aromatic N) is 1. The smallest absolute Gasteiger partial charge is 0.398 e. The van der Waals surface area contributed by atoms with Crippen molar-refractivity contribution in [1.82, 2.24) is 5.16 Å². The van der Waals surface area contributed by atoms with Gasteiger partial charge in [0.2, 0.25) is 0 Å². The molecule has 0 atom stereocenters. The predicted octanol–water partition coefficient (Wildman–Crippen LogP) is 3.55. The highest BCUT2D eigenvalue weighted by atomic mass is 28.3. The van der Waals surface area contributed by atoms with Crippen LogP contribution in [0.1, 0.15) is 40.3 Å². The molecule has 0 bridgehead atoms. The van der Waals surface area contributed by atoms with E-state index in [0.717, 1.165) is 5.38 Å². The molecule has 0 aromatic carbocycles. The van der Waals surface area contributed by atoms with Crippen molar-refractivity contribution in [2.75, 3.05) is 0 Å². The van der Waals surface area contributed by atoms with Crippen LogP contribution in [0.3, 0.4) is 0 Å². The number of rotatable bonds is 3. The van der Waals surface area contributed by atoms with Crippen molar-refractivity contribution in [3.8, 4) is 0 Å². The van der Waals surface area contributed by atoms with Gasteiger partial charge in [0.25, 0.3) is 0 Å². The van der Waals surface area contributed by atoms with Crippen LogP contribution >= 0.6 is 0 Å². The van der Waals surface area contributed by atoms with Crippen molar-refractivity contribution in [2.45, 2.75) is 65.5 Å². The normalized spacial score (nSPS) is 22.0. The highest BCUT2D eigenvalue weighted by molar-refractivity contribution is 6.87. The molecule has 0 saturated carbocycles. The van der Waals surface area contributed by atoms with Crippen molar-refractivity contribution >= 4 is 26.1 Å². The lowest BCUT2D eigenvalue weighted by Crippen LogP contribution is -2.41. The Kier molecular flexibility index (Phi) is 4.21. The Morgan fingerprint density at radius 3 is 2.05 bits per heavy atom. The van der Waals surface area contributed by atoms with Gasteiger partial charge >= 0.3 is 7.12 Å². The molecule has 22 heavy (non-hydrogen) atoms. The van der Waals surface area contributed by atoms with E-state index in [2.05, 4.69) is 24.8 Å². The van der Waals surface area contributed by atoms with Gasteiger partial charge in [-0.15, -0.1) is 0 Å². The fraction of sp³-hybridized carbons (Fsp3) is 0.667. The zero-order valence-electron chi connectivity index (χ0n) is 14.7. The Hall–Kier alpha value is -0.918. The van der Waals surface area contributed by atoms with Crippen LogP contribution in [-0.2, 0) is 9.31 Å². The number of halogens is 1. The van der Waals surface area contributed by atoms with E-state index in [0.29, 0.717) is 11.3 Å². The largest absolute Gasteiger partial charge is 0.525 e. The van der Waals surface area contributed by atoms with Gasteiger partial charge < -0.3 is 13.8 Å². The Bertz CT molecular complexity index is 588. The zero-order chi connectivity index (χ0) is 16.9. The van der Waals surface area contributed by atoms with E-state index in [-0.39, 0.29) is 0 Å². The van der Waals surface area contributed by atoms with Gasteiger partial charge in [-0.1, -0.05) is 24.8 Å².